The summed E-state index contributed by atoms with van der Waals surface area (Å²) >= 11 is 0. The SMILES string of the molecule is Oc1ccc2c(c1)oc1c(O)cccc12. The molecule has 3 heteroatoms. The first-order valence-electron chi connectivity index (χ1n) is 4.59. The summed E-state index contributed by atoms with van der Waals surface area (Å²) in [4.78, 5) is 0. The molecule has 74 valence electrons. The molecule has 0 spiro atoms. The summed E-state index contributed by atoms with van der Waals surface area (Å²) < 4.78 is 5.45. The lowest BCUT2D eigenvalue weighted by Crippen LogP contribution is -1.67. The Kier molecular flexibility index (Phi) is 1.45. The third-order valence-corrected chi connectivity index (χ3v) is 2.46. The van der Waals surface area contributed by atoms with Crippen molar-refractivity contribution in [1.82, 2.24) is 0 Å². The van der Waals surface area contributed by atoms with Crippen LogP contribution < -0.4 is 0 Å². The van der Waals surface area contributed by atoms with Crippen LogP contribution in [-0.2, 0) is 0 Å². The molecule has 0 aliphatic rings. The van der Waals surface area contributed by atoms with E-state index in [-0.39, 0.29) is 11.5 Å². The Balaban J connectivity index is 2.57. The van der Waals surface area contributed by atoms with E-state index >= 15 is 0 Å². The van der Waals surface area contributed by atoms with Crippen molar-refractivity contribution in [1.29, 1.82) is 0 Å². The van der Waals surface area contributed by atoms with Crippen LogP contribution in [0.2, 0.25) is 0 Å². The maximum Gasteiger partial charge on any atom is 0.177 e. The number of aromatic hydroxyl groups is 2. The van der Waals surface area contributed by atoms with Gasteiger partial charge in [0.2, 0.25) is 0 Å². The Morgan fingerprint density at radius 2 is 1.80 bits per heavy atom. The smallest absolute Gasteiger partial charge is 0.177 e. The fraction of sp³-hybridized carbons (Fsp3) is 0. The highest BCUT2D eigenvalue weighted by Crippen LogP contribution is 2.34. The molecule has 3 aromatic rings. The number of rotatable bonds is 0. The molecule has 0 aliphatic heterocycles. The first-order valence-corrected chi connectivity index (χ1v) is 4.59. The van der Waals surface area contributed by atoms with E-state index in [1.165, 1.54) is 6.07 Å². The number of hydrogen-bond acceptors (Lipinski definition) is 3. The highest BCUT2D eigenvalue weighted by atomic mass is 16.4. The Morgan fingerprint density at radius 1 is 0.933 bits per heavy atom. The lowest BCUT2D eigenvalue weighted by molar-refractivity contribution is 0.466. The highest BCUT2D eigenvalue weighted by molar-refractivity contribution is 6.06. The molecule has 0 unspecified atom stereocenters. The summed E-state index contributed by atoms with van der Waals surface area (Å²) in [5, 5.41) is 20.6. The lowest BCUT2D eigenvalue weighted by Gasteiger charge is -1.91. The second-order valence-corrected chi connectivity index (χ2v) is 3.44. The summed E-state index contributed by atoms with van der Waals surface area (Å²) in [6.07, 6.45) is 0. The summed E-state index contributed by atoms with van der Waals surface area (Å²) in [6.45, 7) is 0. The molecule has 0 fully saturated rings. The van der Waals surface area contributed by atoms with Crippen molar-refractivity contribution in [2.45, 2.75) is 0 Å². The van der Waals surface area contributed by atoms with Gasteiger partial charge in [-0.25, -0.2) is 0 Å². The predicted molar refractivity (Wildman–Crippen MR) is 57.0 cm³/mol. The van der Waals surface area contributed by atoms with E-state index in [1.54, 1.807) is 24.3 Å². The van der Waals surface area contributed by atoms with Gasteiger partial charge in [0.25, 0.3) is 0 Å². The number of phenols is 2. The van der Waals surface area contributed by atoms with Gasteiger partial charge in [-0.2, -0.15) is 0 Å². The zero-order chi connectivity index (χ0) is 10.4. The molecule has 3 rings (SSSR count). The number of fused-ring (bicyclic) bond motifs is 3. The zero-order valence-corrected chi connectivity index (χ0v) is 7.77. The van der Waals surface area contributed by atoms with Crippen LogP contribution in [-0.4, -0.2) is 10.2 Å². The maximum atomic E-state index is 9.59. The van der Waals surface area contributed by atoms with Crippen molar-refractivity contribution in [3.63, 3.8) is 0 Å². The fourth-order valence-corrected chi connectivity index (χ4v) is 1.77. The molecule has 0 saturated carbocycles. The van der Waals surface area contributed by atoms with Gasteiger partial charge in [-0.1, -0.05) is 12.1 Å². The van der Waals surface area contributed by atoms with Gasteiger partial charge in [-0.05, 0) is 18.2 Å². The van der Waals surface area contributed by atoms with Crippen LogP contribution in [0.5, 0.6) is 11.5 Å². The van der Waals surface area contributed by atoms with E-state index in [0.29, 0.717) is 11.2 Å². The third-order valence-electron chi connectivity index (χ3n) is 2.46. The molecule has 0 aliphatic carbocycles. The van der Waals surface area contributed by atoms with E-state index in [2.05, 4.69) is 0 Å². The molecule has 1 aromatic heterocycles. The highest BCUT2D eigenvalue weighted by Gasteiger charge is 2.09. The number of hydrogen-bond donors (Lipinski definition) is 2. The van der Waals surface area contributed by atoms with Crippen molar-refractivity contribution in [3.05, 3.63) is 36.4 Å². The third kappa shape index (κ3) is 1.06. The van der Waals surface area contributed by atoms with Crippen LogP contribution in [0.3, 0.4) is 0 Å². The maximum absolute atomic E-state index is 9.59. The Labute approximate surface area is 85.2 Å². The second-order valence-electron chi connectivity index (χ2n) is 3.44. The fourth-order valence-electron chi connectivity index (χ4n) is 1.77. The number of furan rings is 1. The number of para-hydroxylation sites is 1. The quantitative estimate of drug-likeness (QED) is 0.586. The molecule has 1 heterocycles. The van der Waals surface area contributed by atoms with Crippen molar-refractivity contribution in [2.75, 3.05) is 0 Å². The van der Waals surface area contributed by atoms with Gasteiger partial charge in [0.05, 0.1) is 0 Å². The van der Waals surface area contributed by atoms with E-state index in [1.807, 2.05) is 6.07 Å². The minimum Gasteiger partial charge on any atom is -0.508 e. The second kappa shape index (κ2) is 2.67. The lowest BCUT2D eigenvalue weighted by atomic mass is 10.1. The molecule has 2 aromatic carbocycles. The van der Waals surface area contributed by atoms with E-state index in [9.17, 15) is 10.2 Å². The molecule has 0 bridgehead atoms. The van der Waals surface area contributed by atoms with E-state index < -0.39 is 0 Å². The van der Waals surface area contributed by atoms with Gasteiger partial charge >= 0.3 is 0 Å². The molecule has 15 heavy (non-hydrogen) atoms. The van der Waals surface area contributed by atoms with Crippen molar-refractivity contribution >= 4 is 21.9 Å². The summed E-state index contributed by atoms with van der Waals surface area (Å²) in [6, 6.07) is 10.1. The van der Waals surface area contributed by atoms with Gasteiger partial charge in [-0.3, -0.25) is 0 Å². The molecule has 0 radical (unpaired) electrons. The molecule has 3 nitrogen and oxygen atoms in total. The molecule has 0 saturated heterocycles. The van der Waals surface area contributed by atoms with Gasteiger partial charge in [0.15, 0.2) is 11.3 Å². The Morgan fingerprint density at radius 3 is 2.67 bits per heavy atom. The average Bonchev–Trinajstić information content (AvgIpc) is 2.57. The van der Waals surface area contributed by atoms with Crippen molar-refractivity contribution in [2.24, 2.45) is 0 Å². The topological polar surface area (TPSA) is 53.6 Å². The summed E-state index contributed by atoms with van der Waals surface area (Å²) in [5.74, 6) is 0.268. The van der Waals surface area contributed by atoms with Gasteiger partial charge < -0.3 is 14.6 Å². The molecular formula is C12H8O3. The van der Waals surface area contributed by atoms with Crippen LogP contribution in [0.15, 0.2) is 40.8 Å². The minimum atomic E-state index is 0.114. The number of benzene rings is 2. The van der Waals surface area contributed by atoms with Gasteiger partial charge in [0.1, 0.15) is 11.3 Å². The summed E-state index contributed by atoms with van der Waals surface area (Å²) in [7, 11) is 0. The first-order chi connectivity index (χ1) is 7.25. The van der Waals surface area contributed by atoms with Crippen LogP contribution in [0.4, 0.5) is 0 Å². The first kappa shape index (κ1) is 8.17. The Bertz CT molecular complexity index is 652. The molecular weight excluding hydrogens is 192 g/mol. The van der Waals surface area contributed by atoms with Crippen LogP contribution >= 0.6 is 0 Å². The van der Waals surface area contributed by atoms with Crippen LogP contribution in [0, 0.1) is 0 Å². The Hall–Kier alpha value is -2.16. The van der Waals surface area contributed by atoms with Crippen molar-refractivity contribution in [3.8, 4) is 11.5 Å². The minimum absolute atomic E-state index is 0.114. The largest absolute Gasteiger partial charge is 0.508 e. The van der Waals surface area contributed by atoms with Crippen LogP contribution in [0.25, 0.3) is 21.9 Å². The normalized spacial score (nSPS) is 11.2. The van der Waals surface area contributed by atoms with E-state index in [0.717, 1.165) is 10.8 Å². The standard InChI is InChI=1S/C12H8O3/c13-7-4-5-8-9-2-1-3-10(14)12(9)15-11(8)6-7/h1-6,13-14H. The average molecular weight is 200 g/mol. The van der Waals surface area contributed by atoms with Gasteiger partial charge in [-0.15, -0.1) is 0 Å². The van der Waals surface area contributed by atoms with E-state index in [4.69, 9.17) is 4.42 Å². The monoisotopic (exact) mass is 200 g/mol. The summed E-state index contributed by atoms with van der Waals surface area (Å²) in [5.41, 5.74) is 1.03. The molecule has 0 atom stereocenters. The van der Waals surface area contributed by atoms with Crippen LogP contribution in [0.1, 0.15) is 0 Å². The number of phenolic OH excluding ortho intramolecular Hbond substituents is 2. The zero-order valence-electron chi connectivity index (χ0n) is 7.77. The molecule has 2 N–H and O–H groups in total. The van der Waals surface area contributed by atoms with Gasteiger partial charge in [0, 0.05) is 16.8 Å². The molecule has 0 amide bonds. The van der Waals surface area contributed by atoms with Crippen molar-refractivity contribution < 1.29 is 14.6 Å². The predicted octanol–water partition coefficient (Wildman–Crippen LogP) is 3.00.